The van der Waals surface area contributed by atoms with Crippen molar-refractivity contribution in [2.24, 2.45) is 0 Å². The first-order chi connectivity index (χ1) is 11.2. The highest BCUT2D eigenvalue weighted by atomic mass is 35.5. The molecule has 1 amide bonds. The van der Waals surface area contributed by atoms with Gasteiger partial charge in [-0.3, -0.25) is 4.79 Å². The van der Waals surface area contributed by atoms with Crippen LogP contribution < -0.4 is 10.6 Å². The Balaban J connectivity index is 1.52. The van der Waals surface area contributed by atoms with Crippen molar-refractivity contribution in [1.82, 2.24) is 20.8 Å². The Morgan fingerprint density at radius 3 is 3.22 bits per heavy atom. The third kappa shape index (κ3) is 4.70. The van der Waals surface area contributed by atoms with Crippen LogP contribution in [0.3, 0.4) is 0 Å². The van der Waals surface area contributed by atoms with Crippen molar-refractivity contribution in [1.29, 1.82) is 0 Å². The van der Waals surface area contributed by atoms with Gasteiger partial charge < -0.3 is 15.2 Å². The van der Waals surface area contributed by atoms with Crippen LogP contribution in [0, 0.1) is 0 Å². The first-order valence-electron chi connectivity index (χ1n) is 7.37. The van der Waals surface area contributed by atoms with Gasteiger partial charge in [0.05, 0.1) is 6.54 Å². The fraction of sp³-hybridized carbons (Fsp3) is 0.400. The molecule has 2 heterocycles. The minimum atomic E-state index is -0.0208. The van der Waals surface area contributed by atoms with Crippen LogP contribution in [0.15, 0.2) is 28.8 Å². The Labute approximate surface area is 143 Å². The molecule has 1 saturated heterocycles. The molecule has 1 aliphatic rings. The van der Waals surface area contributed by atoms with E-state index in [0.717, 1.165) is 23.6 Å². The maximum atomic E-state index is 11.9. The highest BCUT2D eigenvalue weighted by Gasteiger charge is 2.17. The summed E-state index contributed by atoms with van der Waals surface area (Å²) in [4.78, 5) is 16.2. The van der Waals surface area contributed by atoms with Gasteiger partial charge in [-0.1, -0.05) is 28.9 Å². The van der Waals surface area contributed by atoms with Gasteiger partial charge in [-0.05, 0) is 12.1 Å². The summed E-state index contributed by atoms with van der Waals surface area (Å²) in [7, 11) is 0. The Bertz CT molecular complexity index is 673. The van der Waals surface area contributed by atoms with Crippen LogP contribution in [0.4, 0.5) is 0 Å². The van der Waals surface area contributed by atoms with Crippen molar-refractivity contribution in [3.05, 3.63) is 35.2 Å². The monoisotopic (exact) mass is 352 g/mol. The molecule has 1 fully saturated rings. The second kappa shape index (κ2) is 7.81. The Hall–Kier alpha value is -1.57. The second-order valence-corrected chi connectivity index (χ2v) is 6.82. The molecule has 2 N–H and O–H groups in total. The molecule has 0 radical (unpaired) electrons. The maximum absolute atomic E-state index is 11.9. The van der Waals surface area contributed by atoms with Crippen molar-refractivity contribution in [2.45, 2.75) is 19.0 Å². The molecule has 3 rings (SSSR count). The van der Waals surface area contributed by atoms with E-state index < -0.39 is 0 Å². The quantitative estimate of drug-likeness (QED) is 0.857. The maximum Gasteiger partial charge on any atom is 0.246 e. The number of halogens is 1. The van der Waals surface area contributed by atoms with Crippen LogP contribution in [0.2, 0.25) is 5.02 Å². The van der Waals surface area contributed by atoms with E-state index in [1.54, 1.807) is 12.1 Å². The van der Waals surface area contributed by atoms with Crippen LogP contribution in [0.25, 0.3) is 11.4 Å². The summed E-state index contributed by atoms with van der Waals surface area (Å²) in [5.74, 6) is 2.88. The van der Waals surface area contributed by atoms with E-state index in [2.05, 4.69) is 20.8 Å². The van der Waals surface area contributed by atoms with Crippen LogP contribution in [0.1, 0.15) is 12.3 Å². The van der Waals surface area contributed by atoms with Gasteiger partial charge in [0, 0.05) is 41.1 Å². The zero-order chi connectivity index (χ0) is 16.1. The Kier molecular flexibility index (Phi) is 5.53. The minimum Gasteiger partial charge on any atom is -0.347 e. The molecule has 1 unspecified atom stereocenters. The predicted molar refractivity (Wildman–Crippen MR) is 90.3 cm³/mol. The first kappa shape index (κ1) is 16.3. The number of nitrogens with one attached hydrogen (secondary N) is 2. The molecule has 0 bridgehead atoms. The lowest BCUT2D eigenvalue weighted by atomic mass is 10.2. The van der Waals surface area contributed by atoms with E-state index >= 15 is 0 Å². The Morgan fingerprint density at radius 2 is 2.43 bits per heavy atom. The first-order valence-corrected chi connectivity index (χ1v) is 8.90. The zero-order valence-corrected chi connectivity index (χ0v) is 14.0. The van der Waals surface area contributed by atoms with Crippen molar-refractivity contribution in [3.8, 4) is 11.4 Å². The summed E-state index contributed by atoms with van der Waals surface area (Å²) in [5.41, 5.74) is 0.780. The Morgan fingerprint density at radius 1 is 1.52 bits per heavy atom. The van der Waals surface area contributed by atoms with E-state index in [1.807, 2.05) is 23.9 Å². The van der Waals surface area contributed by atoms with Crippen LogP contribution in [-0.4, -0.2) is 40.1 Å². The van der Waals surface area contributed by atoms with E-state index in [0.29, 0.717) is 23.2 Å². The smallest absolute Gasteiger partial charge is 0.246 e. The fourth-order valence-electron chi connectivity index (χ4n) is 2.29. The summed E-state index contributed by atoms with van der Waals surface area (Å²) >= 11 is 7.81. The summed E-state index contributed by atoms with van der Waals surface area (Å²) in [6.45, 7) is 1.18. The van der Waals surface area contributed by atoms with Crippen LogP contribution >= 0.6 is 23.4 Å². The van der Waals surface area contributed by atoms with Crippen LogP contribution in [0.5, 0.6) is 0 Å². The number of rotatable bonds is 5. The van der Waals surface area contributed by atoms with Crippen molar-refractivity contribution < 1.29 is 9.32 Å². The van der Waals surface area contributed by atoms with E-state index in [-0.39, 0.29) is 18.5 Å². The minimum absolute atomic E-state index is 0.0208. The highest BCUT2D eigenvalue weighted by Crippen LogP contribution is 2.19. The molecule has 8 heteroatoms. The third-order valence-electron chi connectivity index (χ3n) is 3.42. The number of hydrogen-bond donors (Lipinski definition) is 2. The van der Waals surface area contributed by atoms with Crippen molar-refractivity contribution in [3.63, 3.8) is 0 Å². The zero-order valence-electron chi connectivity index (χ0n) is 12.4. The second-order valence-electron chi connectivity index (χ2n) is 5.23. The van der Waals surface area contributed by atoms with Gasteiger partial charge in [-0.25, -0.2) is 0 Å². The van der Waals surface area contributed by atoms with Gasteiger partial charge in [0.2, 0.25) is 17.6 Å². The molecule has 6 nitrogen and oxygen atoms in total. The van der Waals surface area contributed by atoms with Gasteiger partial charge in [0.15, 0.2) is 0 Å². The average Bonchev–Trinajstić information content (AvgIpc) is 3.03. The van der Waals surface area contributed by atoms with Gasteiger partial charge in [-0.15, -0.1) is 0 Å². The average molecular weight is 353 g/mol. The summed E-state index contributed by atoms with van der Waals surface area (Å²) in [5, 5.41) is 10.7. The molecule has 1 aromatic heterocycles. The highest BCUT2D eigenvalue weighted by molar-refractivity contribution is 7.99. The number of benzene rings is 1. The SMILES string of the molecule is O=C(CC1CSCCN1)NCc1nc(-c2cccc(Cl)c2)no1. The number of thioether (sulfide) groups is 1. The molecule has 23 heavy (non-hydrogen) atoms. The predicted octanol–water partition coefficient (Wildman–Crippen LogP) is 2.10. The lowest BCUT2D eigenvalue weighted by molar-refractivity contribution is -0.121. The molecule has 0 saturated carbocycles. The molecule has 122 valence electrons. The van der Waals surface area contributed by atoms with E-state index in [1.165, 1.54) is 0 Å². The molecular formula is C15H17ClN4O2S. The number of hydrogen-bond acceptors (Lipinski definition) is 6. The fourth-order valence-corrected chi connectivity index (χ4v) is 3.43. The summed E-state index contributed by atoms with van der Waals surface area (Å²) in [6.07, 6.45) is 0.461. The molecule has 0 spiro atoms. The lowest BCUT2D eigenvalue weighted by Crippen LogP contribution is -2.41. The number of amides is 1. The number of aromatic nitrogens is 2. The largest absolute Gasteiger partial charge is 0.347 e. The van der Waals surface area contributed by atoms with Crippen molar-refractivity contribution in [2.75, 3.05) is 18.1 Å². The van der Waals surface area contributed by atoms with E-state index in [4.69, 9.17) is 16.1 Å². The van der Waals surface area contributed by atoms with Crippen molar-refractivity contribution >= 4 is 29.3 Å². The topological polar surface area (TPSA) is 80.0 Å². The standard InChI is InChI=1S/C15H17ClN4O2S/c16-11-3-1-2-10(6-11)15-19-14(22-20-15)8-18-13(21)7-12-9-23-5-4-17-12/h1-3,6,12,17H,4-5,7-9H2,(H,18,21). The van der Waals surface area contributed by atoms with Gasteiger partial charge >= 0.3 is 0 Å². The number of nitrogens with zero attached hydrogens (tertiary/aromatic N) is 2. The molecule has 1 aromatic carbocycles. The molecule has 1 aliphatic heterocycles. The molecular weight excluding hydrogens is 336 g/mol. The van der Waals surface area contributed by atoms with Crippen LogP contribution in [-0.2, 0) is 11.3 Å². The molecule has 2 aromatic rings. The van der Waals surface area contributed by atoms with Gasteiger partial charge in [0.1, 0.15) is 0 Å². The summed E-state index contributed by atoms with van der Waals surface area (Å²) < 4.78 is 5.16. The normalized spacial score (nSPS) is 17.9. The third-order valence-corrected chi connectivity index (χ3v) is 4.78. The van der Waals surface area contributed by atoms with Gasteiger partial charge in [0.25, 0.3) is 0 Å². The molecule has 0 aliphatic carbocycles. The summed E-state index contributed by atoms with van der Waals surface area (Å²) in [6, 6.07) is 7.46. The lowest BCUT2D eigenvalue weighted by Gasteiger charge is -2.22. The number of carbonyl (C=O) groups is 1. The molecule has 1 atom stereocenters. The number of carbonyl (C=O) groups excluding carboxylic acids is 1. The van der Waals surface area contributed by atoms with E-state index in [9.17, 15) is 4.79 Å². The van der Waals surface area contributed by atoms with Gasteiger partial charge in [-0.2, -0.15) is 16.7 Å².